The van der Waals surface area contributed by atoms with Crippen LogP contribution in [0.4, 0.5) is 11.8 Å². The molecule has 0 spiro atoms. The second-order valence-corrected chi connectivity index (χ2v) is 12.2. The molecule has 36 heavy (non-hydrogen) atoms. The Morgan fingerprint density at radius 2 is 1.92 bits per heavy atom. The minimum Gasteiger partial charge on any atom is -0.365 e. The van der Waals surface area contributed by atoms with Gasteiger partial charge < -0.3 is 20.1 Å². The molecule has 2 saturated heterocycles. The Labute approximate surface area is 212 Å². The van der Waals surface area contributed by atoms with Gasteiger partial charge in [0.1, 0.15) is 11.3 Å². The molecule has 0 aromatic carbocycles. The molecule has 11 nitrogen and oxygen atoms in total. The van der Waals surface area contributed by atoms with E-state index < -0.39 is 10.0 Å². The highest BCUT2D eigenvalue weighted by molar-refractivity contribution is 7.89. The number of hydrogen-bond acceptors (Lipinski definition) is 9. The molecule has 0 aliphatic carbocycles. The summed E-state index contributed by atoms with van der Waals surface area (Å²) in [5.74, 6) is 1.59. The molecule has 5 rings (SSSR count). The summed E-state index contributed by atoms with van der Waals surface area (Å²) in [6.07, 6.45) is 7.01. The molecule has 0 amide bonds. The van der Waals surface area contributed by atoms with Crippen molar-refractivity contribution in [1.82, 2.24) is 34.1 Å². The topological polar surface area (TPSA) is 123 Å². The molecule has 0 saturated carbocycles. The zero-order chi connectivity index (χ0) is 25.3. The zero-order valence-corrected chi connectivity index (χ0v) is 22.0. The van der Waals surface area contributed by atoms with Gasteiger partial charge in [0, 0.05) is 57.7 Å². The van der Waals surface area contributed by atoms with E-state index in [1.54, 1.807) is 10.5 Å². The van der Waals surface area contributed by atoms with Gasteiger partial charge >= 0.3 is 0 Å². The molecular weight excluding hydrogens is 478 g/mol. The predicted octanol–water partition coefficient (Wildman–Crippen LogP) is 2.03. The van der Waals surface area contributed by atoms with E-state index in [2.05, 4.69) is 37.1 Å². The van der Waals surface area contributed by atoms with Crippen molar-refractivity contribution in [2.75, 3.05) is 62.3 Å². The first-order valence-corrected chi connectivity index (χ1v) is 14.2. The van der Waals surface area contributed by atoms with Crippen LogP contribution < -0.4 is 10.2 Å². The maximum absolute atomic E-state index is 12.9. The van der Waals surface area contributed by atoms with Gasteiger partial charge in [-0.2, -0.15) is 9.29 Å². The van der Waals surface area contributed by atoms with E-state index in [0.29, 0.717) is 30.5 Å². The third-order valence-electron chi connectivity index (χ3n) is 6.76. The quantitative estimate of drug-likeness (QED) is 0.488. The summed E-state index contributed by atoms with van der Waals surface area (Å²) in [4.78, 5) is 26.4. The van der Waals surface area contributed by atoms with Gasteiger partial charge in [0.15, 0.2) is 5.65 Å². The lowest BCUT2D eigenvalue weighted by atomic mass is 10.1. The average molecular weight is 514 g/mol. The van der Waals surface area contributed by atoms with E-state index in [9.17, 15) is 8.42 Å². The number of aromatic nitrogens is 5. The highest BCUT2D eigenvalue weighted by Gasteiger charge is 2.30. The Balaban J connectivity index is 1.45. The van der Waals surface area contributed by atoms with Crippen molar-refractivity contribution in [1.29, 1.82) is 0 Å². The van der Waals surface area contributed by atoms with E-state index in [1.807, 2.05) is 32.3 Å². The summed E-state index contributed by atoms with van der Waals surface area (Å²) in [6.45, 7) is 8.48. The lowest BCUT2D eigenvalue weighted by Gasteiger charge is -2.34. The third-order valence-corrected chi connectivity index (χ3v) is 8.97. The minimum absolute atomic E-state index is 0.0568. The number of anilines is 2. The molecule has 2 N–H and O–H groups in total. The van der Waals surface area contributed by atoms with Crippen LogP contribution in [0.5, 0.6) is 0 Å². The van der Waals surface area contributed by atoms with Gasteiger partial charge in [-0.05, 0) is 31.9 Å². The fraction of sp³-hybridized carbons (Fsp3) is 0.583. The highest BCUT2D eigenvalue weighted by Crippen LogP contribution is 2.29. The summed E-state index contributed by atoms with van der Waals surface area (Å²) in [7, 11) is -1.18. The van der Waals surface area contributed by atoms with Crippen LogP contribution in [-0.4, -0.2) is 101 Å². The standard InChI is InChI=1S/C24H35N9O2S/c1-17(2)16-36(34,35)33-8-4-5-18(15-33)28-22-19(21-14-26-23-20(29-21)6-7-25-23)13-27-24(30-22)32-11-9-31(3)10-12-32/h6-7,13-14,17-18H,4-5,8-12,15-16H2,1-3H3,(H,25,26)(H,27,28,30). The Hall–Kier alpha value is -2.83. The molecule has 3 aromatic heterocycles. The van der Waals surface area contributed by atoms with Crippen molar-refractivity contribution in [3.63, 3.8) is 0 Å². The fourth-order valence-corrected chi connectivity index (χ4v) is 6.69. The third kappa shape index (κ3) is 5.45. The van der Waals surface area contributed by atoms with Crippen LogP contribution in [0.15, 0.2) is 24.7 Å². The van der Waals surface area contributed by atoms with Crippen molar-refractivity contribution in [2.24, 2.45) is 5.92 Å². The molecule has 1 atom stereocenters. The Bertz CT molecular complexity index is 1300. The summed E-state index contributed by atoms with van der Waals surface area (Å²) in [6, 6.07) is 1.83. The second kappa shape index (κ2) is 10.3. The normalized spacial score (nSPS) is 20.3. The number of hydrogen-bond donors (Lipinski definition) is 2. The number of fused-ring (bicyclic) bond motifs is 1. The summed E-state index contributed by atoms with van der Waals surface area (Å²) < 4.78 is 27.4. The van der Waals surface area contributed by atoms with Crippen LogP contribution in [0.2, 0.25) is 0 Å². The molecule has 0 bridgehead atoms. The van der Waals surface area contributed by atoms with E-state index in [0.717, 1.165) is 55.7 Å². The molecule has 2 aliphatic heterocycles. The molecular formula is C24H35N9O2S. The molecule has 194 valence electrons. The lowest BCUT2D eigenvalue weighted by molar-refractivity contribution is 0.311. The van der Waals surface area contributed by atoms with Gasteiger partial charge in [0.2, 0.25) is 16.0 Å². The first-order valence-electron chi connectivity index (χ1n) is 12.6. The number of H-pyrrole nitrogens is 1. The number of nitrogens with zero attached hydrogens (tertiary/aromatic N) is 7. The van der Waals surface area contributed by atoms with Gasteiger partial charge in [-0.3, -0.25) is 0 Å². The van der Waals surface area contributed by atoms with Crippen molar-refractivity contribution in [2.45, 2.75) is 32.7 Å². The Kier molecular flexibility index (Phi) is 7.09. The van der Waals surface area contributed by atoms with Crippen LogP contribution in [-0.2, 0) is 10.0 Å². The van der Waals surface area contributed by atoms with Gasteiger partial charge in [-0.15, -0.1) is 0 Å². The minimum atomic E-state index is -3.30. The van der Waals surface area contributed by atoms with Crippen LogP contribution >= 0.6 is 0 Å². The number of aromatic amines is 1. The van der Waals surface area contributed by atoms with Crippen LogP contribution in [0, 0.1) is 5.92 Å². The average Bonchev–Trinajstić information content (AvgIpc) is 3.32. The Morgan fingerprint density at radius 1 is 1.11 bits per heavy atom. The maximum Gasteiger partial charge on any atom is 0.227 e. The number of likely N-dealkylation sites (N-methyl/N-ethyl adjacent to an activating group) is 1. The maximum atomic E-state index is 12.9. The predicted molar refractivity (Wildman–Crippen MR) is 141 cm³/mol. The monoisotopic (exact) mass is 513 g/mol. The zero-order valence-electron chi connectivity index (χ0n) is 21.2. The van der Waals surface area contributed by atoms with Gasteiger partial charge in [-0.25, -0.2) is 23.4 Å². The van der Waals surface area contributed by atoms with E-state index >= 15 is 0 Å². The molecule has 2 aliphatic rings. The van der Waals surface area contributed by atoms with E-state index in [1.165, 1.54) is 0 Å². The smallest absolute Gasteiger partial charge is 0.227 e. The fourth-order valence-electron chi connectivity index (χ4n) is 4.82. The van der Waals surface area contributed by atoms with Crippen LogP contribution in [0.1, 0.15) is 26.7 Å². The van der Waals surface area contributed by atoms with E-state index in [4.69, 9.17) is 9.97 Å². The van der Waals surface area contributed by atoms with Crippen LogP contribution in [0.3, 0.4) is 0 Å². The summed E-state index contributed by atoms with van der Waals surface area (Å²) in [5.41, 5.74) is 2.92. The highest BCUT2D eigenvalue weighted by atomic mass is 32.2. The molecule has 3 aromatic rings. The molecule has 1 unspecified atom stereocenters. The first-order chi connectivity index (χ1) is 17.3. The number of piperazine rings is 1. The molecule has 12 heteroatoms. The van der Waals surface area contributed by atoms with Crippen LogP contribution in [0.25, 0.3) is 22.4 Å². The number of rotatable bonds is 7. The van der Waals surface area contributed by atoms with Gasteiger partial charge in [0.25, 0.3) is 0 Å². The SMILES string of the molecule is CC(C)CS(=O)(=O)N1CCCC(Nc2nc(N3CCN(C)CC3)ncc2-c2cnc3[nH]ccc3n2)C1. The van der Waals surface area contributed by atoms with Gasteiger partial charge in [-0.1, -0.05) is 13.8 Å². The van der Waals surface area contributed by atoms with E-state index in [-0.39, 0.29) is 17.7 Å². The van der Waals surface area contributed by atoms with Crippen molar-refractivity contribution < 1.29 is 8.42 Å². The second-order valence-electron chi connectivity index (χ2n) is 10.2. The van der Waals surface area contributed by atoms with Crippen molar-refractivity contribution in [3.05, 3.63) is 24.7 Å². The lowest BCUT2D eigenvalue weighted by Crippen LogP contribution is -2.46. The largest absolute Gasteiger partial charge is 0.365 e. The summed E-state index contributed by atoms with van der Waals surface area (Å²) >= 11 is 0. The van der Waals surface area contributed by atoms with Gasteiger partial charge in [0.05, 0.1) is 23.2 Å². The van der Waals surface area contributed by atoms with Crippen molar-refractivity contribution >= 4 is 33.0 Å². The molecule has 0 radical (unpaired) electrons. The number of piperidine rings is 1. The Morgan fingerprint density at radius 3 is 2.69 bits per heavy atom. The van der Waals surface area contributed by atoms with Crippen molar-refractivity contribution in [3.8, 4) is 11.3 Å². The molecule has 2 fully saturated rings. The number of sulfonamides is 1. The molecule has 5 heterocycles. The number of nitrogens with one attached hydrogen (secondary N) is 2. The first kappa shape index (κ1) is 24.8. The summed E-state index contributed by atoms with van der Waals surface area (Å²) in [5, 5.41) is 3.56.